The minimum atomic E-state index is -3.71. The highest BCUT2D eigenvalue weighted by Crippen LogP contribution is 2.38. The molecule has 2 aromatic carbocycles. The maximum atomic E-state index is 14.2. The van der Waals surface area contributed by atoms with E-state index in [0.717, 1.165) is 27.7 Å². The third-order valence-corrected chi connectivity index (χ3v) is 7.64. The number of hydrogen-bond donors (Lipinski definition) is 0. The van der Waals surface area contributed by atoms with Gasteiger partial charge in [0.05, 0.1) is 33.6 Å². The first-order valence-electron chi connectivity index (χ1n) is 8.51. The van der Waals surface area contributed by atoms with Crippen molar-refractivity contribution in [3.8, 4) is 6.07 Å². The molecule has 3 aromatic rings. The van der Waals surface area contributed by atoms with Gasteiger partial charge in [0.1, 0.15) is 10.8 Å². The topological polar surface area (TPSA) is 74.1 Å². The van der Waals surface area contributed by atoms with Gasteiger partial charge < -0.3 is 0 Å². The standard InChI is InChI=1S/C19H16FN3O2S2/c20-15-10-13(11-21)7-8-14(15)12-27(24,25)23-9-3-5-17(23)19-22-16-4-1-2-6-18(16)26-19/h1-2,4,6-8,10,17H,3,5,9,12H2/t17-/m0/s1. The lowest BCUT2D eigenvalue weighted by Crippen LogP contribution is -2.32. The molecule has 27 heavy (non-hydrogen) atoms. The number of benzene rings is 2. The van der Waals surface area contributed by atoms with E-state index in [2.05, 4.69) is 4.98 Å². The van der Waals surface area contributed by atoms with Crippen molar-refractivity contribution in [3.63, 3.8) is 0 Å². The van der Waals surface area contributed by atoms with E-state index in [1.165, 1.54) is 27.8 Å². The first kappa shape index (κ1) is 18.0. The van der Waals surface area contributed by atoms with Gasteiger partial charge in [0.15, 0.2) is 0 Å². The molecule has 0 N–H and O–H groups in total. The lowest BCUT2D eigenvalue weighted by molar-refractivity contribution is 0.395. The van der Waals surface area contributed by atoms with Gasteiger partial charge in [-0.1, -0.05) is 18.2 Å². The summed E-state index contributed by atoms with van der Waals surface area (Å²) in [6, 6.07) is 13.1. The van der Waals surface area contributed by atoms with Gasteiger partial charge >= 0.3 is 0 Å². The molecule has 0 amide bonds. The molecule has 1 atom stereocenters. The van der Waals surface area contributed by atoms with Crippen LogP contribution in [0, 0.1) is 17.1 Å². The fourth-order valence-electron chi connectivity index (χ4n) is 3.37. The molecule has 0 saturated carbocycles. The fourth-order valence-corrected chi connectivity index (χ4v) is 6.34. The van der Waals surface area contributed by atoms with Crippen LogP contribution >= 0.6 is 11.3 Å². The number of sulfonamides is 1. The van der Waals surface area contributed by atoms with Crippen LogP contribution in [-0.2, 0) is 15.8 Å². The molecule has 1 aliphatic rings. The van der Waals surface area contributed by atoms with Gasteiger partial charge in [-0.25, -0.2) is 17.8 Å². The molecular weight excluding hydrogens is 385 g/mol. The monoisotopic (exact) mass is 401 g/mol. The van der Waals surface area contributed by atoms with E-state index in [-0.39, 0.29) is 17.2 Å². The van der Waals surface area contributed by atoms with Gasteiger partial charge in [-0.05, 0) is 37.1 Å². The average molecular weight is 401 g/mol. The highest BCUT2D eigenvalue weighted by Gasteiger charge is 2.37. The molecular formula is C19H16FN3O2S2. The minimum Gasteiger partial charge on any atom is -0.239 e. The molecule has 138 valence electrons. The predicted molar refractivity (Wildman–Crippen MR) is 102 cm³/mol. The van der Waals surface area contributed by atoms with Crippen molar-refractivity contribution in [1.29, 1.82) is 5.26 Å². The van der Waals surface area contributed by atoms with Crippen molar-refractivity contribution in [3.05, 3.63) is 64.4 Å². The minimum absolute atomic E-state index is 0.0731. The van der Waals surface area contributed by atoms with Crippen molar-refractivity contribution >= 4 is 31.6 Å². The van der Waals surface area contributed by atoms with E-state index in [1.807, 2.05) is 30.3 Å². The molecule has 0 aliphatic carbocycles. The Morgan fingerprint density at radius 3 is 2.85 bits per heavy atom. The summed E-state index contributed by atoms with van der Waals surface area (Å²) >= 11 is 1.50. The Bertz CT molecular complexity index is 1120. The number of halogens is 1. The summed E-state index contributed by atoms with van der Waals surface area (Å²) in [5.74, 6) is -1.10. The zero-order chi connectivity index (χ0) is 19.0. The van der Waals surface area contributed by atoms with Crippen LogP contribution in [0.4, 0.5) is 4.39 Å². The van der Waals surface area contributed by atoms with E-state index in [9.17, 15) is 12.8 Å². The summed E-state index contributed by atoms with van der Waals surface area (Å²) in [7, 11) is -3.71. The molecule has 1 fully saturated rings. The summed E-state index contributed by atoms with van der Waals surface area (Å²) in [6.45, 7) is 0.404. The van der Waals surface area contributed by atoms with Crippen LogP contribution in [0.5, 0.6) is 0 Å². The van der Waals surface area contributed by atoms with Crippen LogP contribution in [0.15, 0.2) is 42.5 Å². The number of aromatic nitrogens is 1. The molecule has 0 spiro atoms. The lowest BCUT2D eigenvalue weighted by Gasteiger charge is -2.22. The molecule has 5 nitrogen and oxygen atoms in total. The third kappa shape index (κ3) is 3.46. The average Bonchev–Trinajstić information content (AvgIpc) is 3.30. The zero-order valence-electron chi connectivity index (χ0n) is 14.3. The Hall–Kier alpha value is -2.34. The number of para-hydroxylation sites is 1. The third-order valence-electron chi connectivity index (χ3n) is 4.68. The van der Waals surface area contributed by atoms with Crippen molar-refractivity contribution in [1.82, 2.24) is 9.29 Å². The number of rotatable bonds is 4. The van der Waals surface area contributed by atoms with Crippen LogP contribution in [0.2, 0.25) is 0 Å². The second-order valence-electron chi connectivity index (χ2n) is 6.46. The molecule has 0 bridgehead atoms. The number of hydrogen-bond acceptors (Lipinski definition) is 5. The van der Waals surface area contributed by atoms with Crippen molar-refractivity contribution < 1.29 is 12.8 Å². The summed E-state index contributed by atoms with van der Waals surface area (Å²) in [6.07, 6.45) is 1.45. The summed E-state index contributed by atoms with van der Waals surface area (Å²) in [5.41, 5.74) is 1.10. The van der Waals surface area contributed by atoms with Crippen molar-refractivity contribution in [2.75, 3.05) is 6.54 Å². The molecule has 0 radical (unpaired) electrons. The van der Waals surface area contributed by atoms with Gasteiger partial charge in [-0.3, -0.25) is 0 Å². The maximum absolute atomic E-state index is 14.2. The van der Waals surface area contributed by atoms with Crippen molar-refractivity contribution in [2.24, 2.45) is 0 Å². The maximum Gasteiger partial charge on any atom is 0.219 e. The number of fused-ring (bicyclic) bond motifs is 1. The second-order valence-corrected chi connectivity index (χ2v) is 9.45. The first-order valence-corrected chi connectivity index (χ1v) is 10.9. The summed E-state index contributed by atoms with van der Waals surface area (Å²) in [5, 5.41) is 9.61. The Morgan fingerprint density at radius 1 is 1.30 bits per heavy atom. The van der Waals surface area contributed by atoms with E-state index in [1.54, 1.807) is 0 Å². The lowest BCUT2D eigenvalue weighted by atomic mass is 10.1. The Labute approximate surface area is 160 Å². The predicted octanol–water partition coefficient (Wildman–Crippen LogP) is 3.97. The molecule has 1 saturated heterocycles. The highest BCUT2D eigenvalue weighted by atomic mass is 32.2. The van der Waals surface area contributed by atoms with Crippen LogP contribution in [0.1, 0.15) is 35.0 Å². The van der Waals surface area contributed by atoms with Gasteiger partial charge in [0.25, 0.3) is 0 Å². The molecule has 8 heteroatoms. The van der Waals surface area contributed by atoms with E-state index >= 15 is 0 Å². The Balaban J connectivity index is 1.63. The SMILES string of the molecule is N#Cc1ccc(CS(=O)(=O)N2CCC[C@H]2c2nc3ccccc3s2)c(F)c1. The second kappa shape index (κ2) is 7.00. The Morgan fingerprint density at radius 2 is 2.11 bits per heavy atom. The quantitative estimate of drug-likeness (QED) is 0.663. The molecule has 1 aliphatic heterocycles. The normalized spacial score (nSPS) is 18.0. The number of nitrogens with zero attached hydrogens (tertiary/aromatic N) is 3. The number of thiazole rings is 1. The van der Waals surface area contributed by atoms with Gasteiger partial charge in [-0.2, -0.15) is 9.57 Å². The first-order chi connectivity index (χ1) is 13.0. The fraction of sp³-hybridized carbons (Fsp3) is 0.263. The van der Waals surface area contributed by atoms with Gasteiger partial charge in [0, 0.05) is 12.1 Å². The van der Waals surface area contributed by atoms with Crippen LogP contribution < -0.4 is 0 Å². The van der Waals surface area contributed by atoms with Crippen molar-refractivity contribution in [2.45, 2.75) is 24.6 Å². The van der Waals surface area contributed by atoms with Crippen LogP contribution in [0.25, 0.3) is 10.2 Å². The van der Waals surface area contributed by atoms with E-state index < -0.39 is 21.6 Å². The number of nitriles is 1. The van der Waals surface area contributed by atoms with Crippen LogP contribution in [0.3, 0.4) is 0 Å². The van der Waals surface area contributed by atoms with E-state index in [4.69, 9.17) is 5.26 Å². The largest absolute Gasteiger partial charge is 0.239 e. The summed E-state index contributed by atoms with van der Waals surface area (Å²) < 4.78 is 42.6. The molecule has 0 unspecified atom stereocenters. The highest BCUT2D eigenvalue weighted by molar-refractivity contribution is 7.88. The Kier molecular flexibility index (Phi) is 4.68. The van der Waals surface area contributed by atoms with Gasteiger partial charge in [-0.15, -0.1) is 11.3 Å². The van der Waals surface area contributed by atoms with Gasteiger partial charge in [0.2, 0.25) is 10.0 Å². The molecule has 2 heterocycles. The zero-order valence-corrected chi connectivity index (χ0v) is 15.9. The van der Waals surface area contributed by atoms with E-state index in [0.29, 0.717) is 13.0 Å². The molecule has 1 aromatic heterocycles. The smallest absolute Gasteiger partial charge is 0.219 e. The summed E-state index contributed by atoms with van der Waals surface area (Å²) in [4.78, 5) is 4.61. The molecule has 4 rings (SSSR count). The van der Waals surface area contributed by atoms with Crippen LogP contribution in [-0.4, -0.2) is 24.3 Å².